The van der Waals surface area contributed by atoms with Crippen LogP contribution >= 0.6 is 0 Å². The zero-order valence-electron chi connectivity index (χ0n) is 28.0. The summed E-state index contributed by atoms with van der Waals surface area (Å²) >= 11 is 0. The first kappa shape index (κ1) is 33.8. The molecule has 2 aliphatic heterocycles. The Hall–Kier alpha value is -4.51. The lowest BCUT2D eigenvalue weighted by molar-refractivity contribution is 0.0260. The number of aliphatic hydroxyl groups excluding tert-OH is 1. The summed E-state index contributed by atoms with van der Waals surface area (Å²) in [5, 5.41) is 18.6. The van der Waals surface area contributed by atoms with Crippen molar-refractivity contribution < 1.29 is 28.6 Å². The molecule has 2 amide bonds. The molecule has 0 aliphatic carbocycles. The lowest BCUT2D eigenvalue weighted by atomic mass is 9.98. The van der Waals surface area contributed by atoms with E-state index < -0.39 is 17.0 Å². The van der Waals surface area contributed by atoms with E-state index in [4.69, 9.17) is 9.47 Å². The molecule has 0 radical (unpaired) electrons. The zero-order valence-corrected chi connectivity index (χ0v) is 28.0. The first-order valence-corrected chi connectivity index (χ1v) is 16.0. The van der Waals surface area contributed by atoms with E-state index in [-0.39, 0.29) is 30.9 Å². The van der Waals surface area contributed by atoms with Crippen LogP contribution in [0.15, 0.2) is 54.6 Å². The lowest BCUT2D eigenvalue weighted by Crippen LogP contribution is -2.39. The van der Waals surface area contributed by atoms with Crippen molar-refractivity contribution in [3.63, 3.8) is 0 Å². The van der Waals surface area contributed by atoms with Gasteiger partial charge >= 0.3 is 12.2 Å². The van der Waals surface area contributed by atoms with Gasteiger partial charge in [0.25, 0.3) is 0 Å². The Morgan fingerprint density at radius 1 is 0.766 bits per heavy atom. The molecule has 11 heteroatoms. The summed E-state index contributed by atoms with van der Waals surface area (Å²) in [6.07, 6.45) is 4.58. The summed E-state index contributed by atoms with van der Waals surface area (Å²) in [4.78, 5) is 28.2. The smallest absolute Gasteiger partial charge is 0.410 e. The molecule has 0 spiro atoms. The van der Waals surface area contributed by atoms with Gasteiger partial charge in [0.1, 0.15) is 17.0 Å². The van der Waals surface area contributed by atoms with Crippen molar-refractivity contribution in [1.29, 1.82) is 0 Å². The normalized spacial score (nSPS) is 15.7. The standard InChI is InChI=1S/C36H44FN5O5/c1-35(2,3)46-33(44)40-17-13-25(14-18-40)24-7-9-27(10-8-24)31-38-39-32(42(31)21-22-43)29-12-11-28(23-30(29)37)26-15-19-41(20-16-26)34(45)47-36(4,5)6/h7-13,15,23,43H,14,16-22H2,1-6H3. The Bertz CT molecular complexity index is 1680. The highest BCUT2D eigenvalue weighted by Gasteiger charge is 2.26. The van der Waals surface area contributed by atoms with E-state index in [1.54, 1.807) is 20.4 Å². The highest BCUT2D eigenvalue weighted by Crippen LogP contribution is 2.32. The molecule has 2 aliphatic rings. The van der Waals surface area contributed by atoms with Crippen LogP contribution in [0, 0.1) is 5.82 Å². The van der Waals surface area contributed by atoms with Crippen molar-refractivity contribution >= 4 is 23.3 Å². The molecule has 0 saturated heterocycles. The summed E-state index contributed by atoms with van der Waals surface area (Å²) < 4.78 is 28.3. The molecule has 3 heterocycles. The van der Waals surface area contributed by atoms with Crippen LogP contribution in [0.1, 0.15) is 65.5 Å². The number of halogens is 1. The van der Waals surface area contributed by atoms with Gasteiger partial charge < -0.3 is 28.9 Å². The van der Waals surface area contributed by atoms with Crippen LogP contribution in [-0.2, 0) is 16.0 Å². The number of carbonyl (C=O) groups is 2. The summed E-state index contributed by atoms with van der Waals surface area (Å²) in [6.45, 7) is 13.0. The average molecular weight is 646 g/mol. The van der Waals surface area contributed by atoms with Gasteiger partial charge in [-0.15, -0.1) is 10.2 Å². The van der Waals surface area contributed by atoms with Crippen molar-refractivity contribution in [3.8, 4) is 22.8 Å². The van der Waals surface area contributed by atoms with Crippen molar-refractivity contribution in [2.45, 2.75) is 72.1 Å². The molecule has 1 aromatic heterocycles. The van der Waals surface area contributed by atoms with Crippen LogP contribution in [0.5, 0.6) is 0 Å². The molecule has 0 fully saturated rings. The SMILES string of the molecule is CC(C)(C)OC(=O)N1CC=C(c2ccc(-c3nnc(-c4ccc(C5=CCN(C(=O)OC(C)(C)C)CC5)cc4F)n3CCO)cc2)CC1. The number of nitrogens with zero attached hydrogens (tertiary/aromatic N) is 5. The van der Waals surface area contributed by atoms with E-state index >= 15 is 4.39 Å². The zero-order chi connectivity index (χ0) is 33.9. The van der Waals surface area contributed by atoms with Gasteiger partial charge in [0.2, 0.25) is 0 Å². The molecule has 0 bridgehead atoms. The first-order chi connectivity index (χ1) is 22.2. The van der Waals surface area contributed by atoms with Crippen LogP contribution < -0.4 is 0 Å². The second-order valence-electron chi connectivity index (χ2n) is 13.8. The minimum atomic E-state index is -0.568. The van der Waals surface area contributed by atoms with Gasteiger partial charge in [0.15, 0.2) is 11.6 Å². The van der Waals surface area contributed by atoms with Crippen molar-refractivity contribution in [3.05, 3.63) is 71.6 Å². The molecule has 5 rings (SSSR count). The third kappa shape index (κ3) is 8.26. The third-order valence-corrected chi connectivity index (χ3v) is 7.89. The molecule has 10 nitrogen and oxygen atoms in total. The quantitative estimate of drug-likeness (QED) is 0.314. The number of amides is 2. The topological polar surface area (TPSA) is 110 Å². The Morgan fingerprint density at radius 3 is 1.72 bits per heavy atom. The predicted molar refractivity (Wildman–Crippen MR) is 179 cm³/mol. The number of carbonyl (C=O) groups excluding carboxylic acids is 2. The summed E-state index contributed by atoms with van der Waals surface area (Å²) in [6, 6.07) is 12.9. The van der Waals surface area contributed by atoms with Gasteiger partial charge in [-0.3, -0.25) is 0 Å². The summed E-state index contributed by atoms with van der Waals surface area (Å²) in [5.74, 6) is 0.402. The molecule has 1 N–H and O–H groups in total. The van der Waals surface area contributed by atoms with E-state index in [0.29, 0.717) is 50.7 Å². The molecule has 0 unspecified atom stereocenters. The maximum absolute atomic E-state index is 15.6. The second-order valence-corrected chi connectivity index (χ2v) is 13.8. The van der Waals surface area contributed by atoms with Gasteiger partial charge in [-0.05, 0) is 88.8 Å². The fraction of sp³-hybridized carbons (Fsp3) is 0.444. The Kier molecular flexibility index (Phi) is 9.86. The van der Waals surface area contributed by atoms with Crippen molar-refractivity contribution in [2.75, 3.05) is 32.8 Å². The van der Waals surface area contributed by atoms with Crippen LogP contribution in [0.2, 0.25) is 0 Å². The number of ether oxygens (including phenoxy) is 2. The lowest BCUT2D eigenvalue weighted by Gasteiger charge is -2.29. The van der Waals surface area contributed by atoms with Gasteiger partial charge in [-0.1, -0.05) is 42.5 Å². The number of aliphatic hydroxyl groups is 1. The van der Waals surface area contributed by atoms with E-state index in [2.05, 4.69) is 10.2 Å². The molecule has 0 saturated carbocycles. The van der Waals surface area contributed by atoms with Gasteiger partial charge in [-0.2, -0.15) is 0 Å². The molecular weight excluding hydrogens is 601 g/mol. The van der Waals surface area contributed by atoms with Gasteiger partial charge in [0.05, 0.1) is 12.2 Å². The van der Waals surface area contributed by atoms with Crippen LogP contribution in [0.3, 0.4) is 0 Å². The third-order valence-electron chi connectivity index (χ3n) is 7.89. The van der Waals surface area contributed by atoms with Crippen molar-refractivity contribution in [2.24, 2.45) is 0 Å². The van der Waals surface area contributed by atoms with Crippen LogP contribution in [0.25, 0.3) is 33.9 Å². The van der Waals surface area contributed by atoms with E-state index in [1.165, 1.54) is 6.07 Å². The Balaban J connectivity index is 1.30. The van der Waals surface area contributed by atoms with E-state index in [9.17, 15) is 14.7 Å². The van der Waals surface area contributed by atoms with Gasteiger partial charge in [-0.25, -0.2) is 14.0 Å². The largest absolute Gasteiger partial charge is 0.444 e. The summed E-state index contributed by atoms with van der Waals surface area (Å²) in [7, 11) is 0. The molecular formula is C36H44FN5O5. The number of hydrogen-bond donors (Lipinski definition) is 1. The highest BCUT2D eigenvalue weighted by atomic mass is 19.1. The number of rotatable bonds is 6. The number of benzene rings is 2. The fourth-order valence-corrected chi connectivity index (χ4v) is 5.60. The monoisotopic (exact) mass is 645 g/mol. The highest BCUT2D eigenvalue weighted by molar-refractivity contribution is 5.75. The van der Waals surface area contributed by atoms with E-state index in [0.717, 1.165) is 27.8 Å². The summed E-state index contributed by atoms with van der Waals surface area (Å²) in [5.41, 5.74) is 3.84. The minimum absolute atomic E-state index is 0.169. The second kappa shape index (κ2) is 13.7. The Morgan fingerprint density at radius 2 is 1.26 bits per heavy atom. The molecule has 2 aromatic carbocycles. The molecule has 47 heavy (non-hydrogen) atoms. The fourth-order valence-electron chi connectivity index (χ4n) is 5.60. The molecule has 3 aromatic rings. The number of hydrogen-bond acceptors (Lipinski definition) is 7. The molecule has 0 atom stereocenters. The maximum atomic E-state index is 15.6. The first-order valence-electron chi connectivity index (χ1n) is 16.0. The molecule has 250 valence electrons. The van der Waals surface area contributed by atoms with Gasteiger partial charge in [0, 0.05) is 38.3 Å². The van der Waals surface area contributed by atoms with Crippen LogP contribution in [-0.4, -0.2) is 85.8 Å². The van der Waals surface area contributed by atoms with Crippen molar-refractivity contribution in [1.82, 2.24) is 24.6 Å². The maximum Gasteiger partial charge on any atom is 0.410 e. The average Bonchev–Trinajstić information content (AvgIpc) is 3.43. The number of aromatic nitrogens is 3. The van der Waals surface area contributed by atoms with Crippen LogP contribution in [0.4, 0.5) is 14.0 Å². The Labute approximate surface area is 275 Å². The minimum Gasteiger partial charge on any atom is -0.444 e. The predicted octanol–water partition coefficient (Wildman–Crippen LogP) is 6.79. The van der Waals surface area contributed by atoms with E-state index in [1.807, 2.05) is 84.0 Å².